The second kappa shape index (κ2) is 18.4. The topological polar surface area (TPSA) is 160 Å². The number of fused-ring (bicyclic) bond motifs is 5. The lowest BCUT2D eigenvalue weighted by atomic mass is 9.93. The van der Waals surface area contributed by atoms with Crippen LogP contribution in [-0.2, 0) is 37.4 Å². The van der Waals surface area contributed by atoms with Crippen LogP contribution in [0.25, 0.3) is 55.0 Å². The third kappa shape index (κ3) is 8.63. The van der Waals surface area contributed by atoms with Crippen LogP contribution in [0.1, 0.15) is 32.9 Å². The highest BCUT2D eigenvalue weighted by atomic mass is 32.1. The van der Waals surface area contributed by atoms with Crippen molar-refractivity contribution in [2.75, 3.05) is 25.5 Å². The Bertz CT molecular complexity index is 3410. The molecule has 0 saturated carbocycles. The van der Waals surface area contributed by atoms with Crippen LogP contribution in [-0.4, -0.2) is 57.5 Å². The van der Waals surface area contributed by atoms with Gasteiger partial charge in [-0.05, 0) is 82.0 Å². The highest BCUT2D eigenvalue weighted by molar-refractivity contribution is 7.80. The molecule has 67 heavy (non-hydrogen) atoms. The minimum absolute atomic E-state index is 0.00258. The molecule has 0 fully saturated rings. The zero-order valence-corrected chi connectivity index (χ0v) is 37.2. The molecule has 1 aromatic heterocycles. The quantitative estimate of drug-likeness (QED) is 0.0496. The first-order valence-electron chi connectivity index (χ1n) is 21.8. The minimum atomic E-state index is -0.237. The van der Waals surface area contributed by atoms with Crippen molar-refractivity contribution < 1.29 is 28.6 Å². The minimum Gasteiger partial charge on any atom is -0.508 e. The van der Waals surface area contributed by atoms with Crippen LogP contribution in [0.15, 0.2) is 143 Å². The molecule has 3 aliphatic rings. The zero-order valence-electron chi connectivity index (χ0n) is 36.4. The van der Waals surface area contributed by atoms with Crippen molar-refractivity contribution in [3.8, 4) is 39.7 Å². The predicted octanol–water partition coefficient (Wildman–Crippen LogP) is 8.79. The lowest BCUT2D eigenvalue weighted by Gasteiger charge is -2.28. The average molecular weight is 909 g/mol. The summed E-state index contributed by atoms with van der Waals surface area (Å²) in [7, 11) is 1.69. The second-order valence-corrected chi connectivity index (χ2v) is 16.8. The van der Waals surface area contributed by atoms with E-state index in [-0.39, 0.29) is 22.8 Å². The number of anilines is 1. The smallest absolute Gasteiger partial charge is 0.298 e. The van der Waals surface area contributed by atoms with Gasteiger partial charge in [0.1, 0.15) is 28.6 Å². The molecule has 0 saturated heterocycles. The second-order valence-electron chi connectivity index (χ2n) is 16.4. The fraction of sp³-hybridized carbons (Fsp3) is 0.151. The Balaban J connectivity index is 0.877. The molecule has 0 bridgehead atoms. The molecule has 6 aromatic carbocycles. The summed E-state index contributed by atoms with van der Waals surface area (Å²) >= 11 is 5.74. The number of thiocarbonyl (C=S) groups is 1. The van der Waals surface area contributed by atoms with Gasteiger partial charge in [0, 0.05) is 102 Å². The first-order valence-corrected chi connectivity index (χ1v) is 22.2. The van der Waals surface area contributed by atoms with E-state index in [1.807, 2.05) is 47.1 Å². The predicted molar refractivity (Wildman–Crippen MR) is 263 cm³/mol. The van der Waals surface area contributed by atoms with Gasteiger partial charge in [0.15, 0.2) is 16.2 Å². The number of amides is 1. The van der Waals surface area contributed by atoms with Crippen LogP contribution in [0, 0.1) is 0 Å². The van der Waals surface area contributed by atoms with Gasteiger partial charge in [-0.2, -0.15) is 5.10 Å². The van der Waals surface area contributed by atoms with E-state index in [9.17, 15) is 19.5 Å². The molecule has 1 aliphatic carbocycles. The number of methoxy groups -OCH3 is 1. The van der Waals surface area contributed by atoms with E-state index in [1.54, 1.807) is 37.4 Å². The van der Waals surface area contributed by atoms with Gasteiger partial charge in [-0.25, -0.2) is 0 Å². The molecule has 0 unspecified atom stereocenters. The first kappa shape index (κ1) is 42.9. The summed E-state index contributed by atoms with van der Waals surface area (Å²) in [6.45, 7) is 3.54. The van der Waals surface area contributed by atoms with Crippen molar-refractivity contribution in [2.24, 2.45) is 0 Å². The van der Waals surface area contributed by atoms with Gasteiger partial charge in [-0.15, -0.1) is 0 Å². The summed E-state index contributed by atoms with van der Waals surface area (Å²) in [4.78, 5) is 40.6. The average Bonchev–Trinajstić information content (AvgIpc) is 3.70. The number of rotatable bonds is 13. The van der Waals surface area contributed by atoms with Gasteiger partial charge >= 0.3 is 0 Å². The number of ether oxygens (including phenoxy) is 2. The Hall–Kier alpha value is -8.07. The molecule has 13 nitrogen and oxygen atoms in total. The molecule has 0 atom stereocenters. The summed E-state index contributed by atoms with van der Waals surface area (Å²) in [6, 6.07) is 41.1. The van der Waals surface area contributed by atoms with Gasteiger partial charge in [-0.3, -0.25) is 24.0 Å². The number of carbonyl (C=O) groups is 2. The summed E-state index contributed by atoms with van der Waals surface area (Å²) in [5, 5.41) is 30.2. The molecule has 14 heteroatoms. The Labute approximate surface area is 389 Å². The number of nitrogens with zero attached hydrogens (tertiary/aromatic N) is 3. The number of nitrogens with one attached hydrogen (secondary N) is 3. The van der Waals surface area contributed by atoms with E-state index in [0.717, 1.165) is 50.7 Å². The van der Waals surface area contributed by atoms with Gasteiger partial charge in [0.05, 0.1) is 13.7 Å². The lowest BCUT2D eigenvalue weighted by molar-refractivity contribution is -0.120. The molecular weight excluding hydrogens is 865 g/mol. The Morgan fingerprint density at radius 3 is 2.49 bits per heavy atom. The number of hydrogen-bond donors (Lipinski definition) is 4. The number of phenolic OH excluding ortho intramolecular Hbond substituents is 1. The van der Waals surface area contributed by atoms with Crippen LogP contribution < -0.4 is 30.9 Å². The van der Waals surface area contributed by atoms with Gasteiger partial charge in [-0.1, -0.05) is 72.8 Å². The third-order valence-corrected chi connectivity index (χ3v) is 12.6. The maximum absolute atomic E-state index is 14.2. The normalized spacial score (nSPS) is 12.6. The van der Waals surface area contributed by atoms with E-state index in [2.05, 4.69) is 57.2 Å². The number of aromatic hydroxyl groups is 1. The zero-order chi connectivity index (χ0) is 46.0. The number of phenols is 1. The monoisotopic (exact) mass is 908 g/mol. The summed E-state index contributed by atoms with van der Waals surface area (Å²) < 4.78 is 19.1. The van der Waals surface area contributed by atoms with Gasteiger partial charge < -0.3 is 34.9 Å². The van der Waals surface area contributed by atoms with Crippen molar-refractivity contribution in [3.05, 3.63) is 172 Å². The molecular formula is C53H44N6O7S. The van der Waals surface area contributed by atoms with Gasteiger partial charge in [0.2, 0.25) is 0 Å². The molecule has 7 aromatic rings. The lowest BCUT2D eigenvalue weighted by Crippen LogP contribution is -2.33. The summed E-state index contributed by atoms with van der Waals surface area (Å²) in [6.07, 6.45) is 0.695. The van der Waals surface area contributed by atoms with E-state index < -0.39 is 0 Å². The number of hydrogen-bond acceptors (Lipinski definition) is 10. The van der Waals surface area contributed by atoms with Crippen molar-refractivity contribution in [1.29, 1.82) is 0 Å². The van der Waals surface area contributed by atoms with E-state index in [0.29, 0.717) is 95.5 Å². The maximum Gasteiger partial charge on any atom is 0.298 e. The van der Waals surface area contributed by atoms with Crippen LogP contribution in [0.3, 0.4) is 0 Å². The van der Waals surface area contributed by atoms with Crippen LogP contribution in [0.2, 0.25) is 0 Å². The van der Waals surface area contributed by atoms with E-state index in [4.69, 9.17) is 31.2 Å². The molecule has 0 spiro atoms. The van der Waals surface area contributed by atoms with Crippen molar-refractivity contribution >= 4 is 67.9 Å². The summed E-state index contributed by atoms with van der Waals surface area (Å²) in [5.74, 6) is 1.14. The molecule has 334 valence electrons. The van der Waals surface area contributed by atoms with Crippen LogP contribution in [0.4, 0.5) is 5.69 Å². The van der Waals surface area contributed by atoms with Crippen LogP contribution in [0.5, 0.6) is 17.2 Å². The fourth-order valence-electron chi connectivity index (χ4n) is 9.20. The van der Waals surface area contributed by atoms with E-state index >= 15 is 0 Å². The van der Waals surface area contributed by atoms with E-state index in [1.165, 1.54) is 29.8 Å². The largest absolute Gasteiger partial charge is 0.508 e. The van der Waals surface area contributed by atoms with Gasteiger partial charge in [0.25, 0.3) is 12.4 Å². The standard InChI is InChI=1S/C53H44N6O7S/c1-64-46-20-13-34(39-11-4-5-12-40(39)46)29-58-23-21-45-44(30-58)51(52(63)55-28-33-9-6-8-32-7-2-3-10-38(32)33)57-59(45)24-22-54-53(67)56-35-14-17-41(47(25-35)65-31-60)50-42-18-15-36(61)26-48(42)66-49-27-37(62)16-19-43(49)50/h2-20,25-27,31,61H,21-24,28-30H2,1H3,(H,55,63)(H2,54,56,67). The third-order valence-electron chi connectivity index (χ3n) is 12.3. The molecule has 3 heterocycles. The molecule has 10 rings (SSSR count). The fourth-order valence-corrected chi connectivity index (χ4v) is 9.42. The maximum atomic E-state index is 14.2. The molecule has 1 amide bonds. The van der Waals surface area contributed by atoms with Crippen molar-refractivity contribution in [3.63, 3.8) is 0 Å². The SMILES string of the molecule is COc1ccc(CN2CCc3c(c(C(=O)NCc4cccc5ccccc45)nn3CCNC(=S)Nc3ccc(-c4c5ccc(=O)cc-5oc5cc(O)ccc45)c(OC=O)c3)C2)c2ccccc12. The highest BCUT2D eigenvalue weighted by Crippen LogP contribution is 2.44. The summed E-state index contributed by atoms with van der Waals surface area (Å²) in [5.41, 5.74) is 7.02. The number of carbonyl (C=O) groups excluding carboxylic acids is 2. The van der Waals surface area contributed by atoms with Crippen molar-refractivity contribution in [1.82, 2.24) is 25.3 Å². The molecule has 2 aliphatic heterocycles. The highest BCUT2D eigenvalue weighted by Gasteiger charge is 2.29. The number of benzene rings is 7. The first-order chi connectivity index (χ1) is 32.7. The Morgan fingerprint density at radius 2 is 1.64 bits per heavy atom. The Kier molecular flexibility index (Phi) is 11.8. The number of aromatic nitrogens is 2. The van der Waals surface area contributed by atoms with Crippen molar-refractivity contribution in [2.45, 2.75) is 32.6 Å². The Morgan fingerprint density at radius 1 is 0.836 bits per heavy atom. The van der Waals surface area contributed by atoms with Crippen LogP contribution >= 0.6 is 12.2 Å². The molecule has 4 N–H and O–H groups in total. The molecule has 0 radical (unpaired) electrons.